The van der Waals surface area contributed by atoms with Crippen LogP contribution in [0, 0.1) is 0 Å². The average Bonchev–Trinajstić information content (AvgIpc) is 2.96. The minimum Gasteiger partial charge on any atom is -0.464 e. The van der Waals surface area contributed by atoms with Gasteiger partial charge in [0.05, 0.1) is 17.3 Å². The highest BCUT2D eigenvalue weighted by molar-refractivity contribution is 5.76. The van der Waals surface area contributed by atoms with Gasteiger partial charge in [-0.15, -0.1) is 0 Å². The molecule has 0 fully saturated rings. The first-order chi connectivity index (χ1) is 9.43. The van der Waals surface area contributed by atoms with E-state index in [0.717, 1.165) is 22.0 Å². The summed E-state index contributed by atoms with van der Waals surface area (Å²) in [7, 11) is 0. The number of benzene rings is 2. The van der Waals surface area contributed by atoms with E-state index in [0.29, 0.717) is 0 Å². The van der Waals surface area contributed by atoms with Crippen LogP contribution in [0.15, 0.2) is 77.7 Å². The predicted molar refractivity (Wildman–Crippen MR) is 75.8 cm³/mol. The molecule has 0 N–H and O–H groups in total. The fourth-order valence-electron chi connectivity index (χ4n) is 1.82. The van der Waals surface area contributed by atoms with Gasteiger partial charge in [-0.3, -0.25) is 9.97 Å². The highest BCUT2D eigenvalue weighted by Gasteiger charge is 1.89. The van der Waals surface area contributed by atoms with Gasteiger partial charge in [0.25, 0.3) is 0 Å². The summed E-state index contributed by atoms with van der Waals surface area (Å²) in [5, 5.41) is 1.16. The van der Waals surface area contributed by atoms with Crippen molar-refractivity contribution >= 4 is 22.0 Å². The lowest BCUT2D eigenvalue weighted by Crippen LogP contribution is -1.78. The van der Waals surface area contributed by atoms with Crippen LogP contribution >= 0.6 is 0 Å². The summed E-state index contributed by atoms with van der Waals surface area (Å²) in [6.07, 6.45) is 5.09. The first-order valence-corrected chi connectivity index (χ1v) is 6.01. The number of fused-ring (bicyclic) bond motifs is 2. The maximum atomic E-state index is 5.12. The Morgan fingerprint density at radius 3 is 2.00 bits per heavy atom. The van der Waals surface area contributed by atoms with Gasteiger partial charge in [0.1, 0.15) is 5.58 Å². The molecule has 3 heteroatoms. The third kappa shape index (κ3) is 2.60. The molecule has 2 aromatic carbocycles. The van der Waals surface area contributed by atoms with Gasteiger partial charge >= 0.3 is 0 Å². The molecule has 0 atom stereocenters. The zero-order chi connectivity index (χ0) is 12.9. The Balaban J connectivity index is 0.000000117. The van der Waals surface area contributed by atoms with Crippen LogP contribution in [-0.4, -0.2) is 9.97 Å². The fourth-order valence-corrected chi connectivity index (χ4v) is 1.82. The monoisotopic (exact) mass is 248 g/mol. The van der Waals surface area contributed by atoms with Gasteiger partial charge < -0.3 is 4.42 Å². The molecule has 0 aliphatic carbocycles. The molecule has 4 rings (SSSR count). The van der Waals surface area contributed by atoms with Crippen molar-refractivity contribution in [2.75, 3.05) is 0 Å². The fraction of sp³-hybridized carbons (Fsp3) is 0. The molecule has 0 radical (unpaired) electrons. The number of hydrogen-bond donors (Lipinski definition) is 0. The summed E-state index contributed by atoms with van der Waals surface area (Å²) < 4.78 is 5.12. The Labute approximate surface area is 110 Å². The van der Waals surface area contributed by atoms with E-state index in [-0.39, 0.29) is 0 Å². The molecule has 92 valence electrons. The molecular formula is C16H12N2O. The Morgan fingerprint density at radius 1 is 0.684 bits per heavy atom. The number of furan rings is 1. The first-order valence-electron chi connectivity index (χ1n) is 6.01. The molecule has 3 nitrogen and oxygen atoms in total. The van der Waals surface area contributed by atoms with Crippen molar-refractivity contribution in [3.63, 3.8) is 0 Å². The molecule has 0 saturated heterocycles. The highest BCUT2D eigenvalue weighted by Crippen LogP contribution is 2.12. The number of nitrogens with zero attached hydrogens (tertiary/aromatic N) is 2. The Hall–Kier alpha value is -2.68. The summed E-state index contributed by atoms with van der Waals surface area (Å²) in [5.41, 5.74) is 2.85. The summed E-state index contributed by atoms with van der Waals surface area (Å²) in [6.45, 7) is 0. The molecule has 0 saturated carbocycles. The van der Waals surface area contributed by atoms with Crippen LogP contribution in [0.5, 0.6) is 0 Å². The summed E-state index contributed by atoms with van der Waals surface area (Å²) in [6, 6.07) is 17.7. The minimum absolute atomic E-state index is 0.949. The number of aromatic nitrogens is 2. The quantitative estimate of drug-likeness (QED) is 0.471. The third-order valence-electron chi connectivity index (χ3n) is 2.74. The van der Waals surface area contributed by atoms with Crippen LogP contribution in [0.2, 0.25) is 0 Å². The average molecular weight is 248 g/mol. The molecule has 0 bridgehead atoms. The second-order valence-corrected chi connectivity index (χ2v) is 4.00. The van der Waals surface area contributed by atoms with E-state index in [1.807, 2.05) is 54.6 Å². The lowest BCUT2D eigenvalue weighted by molar-refractivity contribution is 0.616. The van der Waals surface area contributed by atoms with Crippen LogP contribution in [0.4, 0.5) is 0 Å². The second-order valence-electron chi connectivity index (χ2n) is 4.00. The van der Waals surface area contributed by atoms with E-state index in [1.165, 1.54) is 0 Å². The maximum absolute atomic E-state index is 5.12. The zero-order valence-corrected chi connectivity index (χ0v) is 10.2. The minimum atomic E-state index is 0.949. The van der Waals surface area contributed by atoms with Crippen LogP contribution in [0.1, 0.15) is 0 Å². The molecule has 0 spiro atoms. The molecule has 0 unspecified atom stereocenters. The van der Waals surface area contributed by atoms with Gasteiger partial charge in [-0.2, -0.15) is 0 Å². The van der Waals surface area contributed by atoms with Crippen molar-refractivity contribution in [3.05, 3.63) is 73.3 Å². The van der Waals surface area contributed by atoms with Crippen LogP contribution < -0.4 is 0 Å². The molecule has 2 aromatic heterocycles. The largest absolute Gasteiger partial charge is 0.464 e. The van der Waals surface area contributed by atoms with Crippen molar-refractivity contribution in [3.8, 4) is 0 Å². The topological polar surface area (TPSA) is 38.9 Å². The van der Waals surface area contributed by atoms with Gasteiger partial charge in [0.15, 0.2) is 0 Å². The van der Waals surface area contributed by atoms with Gasteiger partial charge in [-0.05, 0) is 24.3 Å². The van der Waals surface area contributed by atoms with Crippen molar-refractivity contribution in [2.24, 2.45) is 0 Å². The normalized spacial score (nSPS) is 10.1. The van der Waals surface area contributed by atoms with Crippen molar-refractivity contribution in [1.82, 2.24) is 9.97 Å². The van der Waals surface area contributed by atoms with Gasteiger partial charge in [-0.1, -0.05) is 30.3 Å². The lowest BCUT2D eigenvalue weighted by Gasteiger charge is -1.90. The molecule has 2 heterocycles. The SMILES string of the molecule is c1ccc2nccnc2c1.c1ccc2occc2c1. The second kappa shape index (κ2) is 5.31. The van der Waals surface area contributed by atoms with E-state index in [9.17, 15) is 0 Å². The zero-order valence-electron chi connectivity index (χ0n) is 10.2. The van der Waals surface area contributed by atoms with E-state index in [1.54, 1.807) is 18.7 Å². The lowest BCUT2D eigenvalue weighted by atomic mass is 10.3. The Kier molecular flexibility index (Phi) is 3.19. The van der Waals surface area contributed by atoms with E-state index in [4.69, 9.17) is 4.42 Å². The van der Waals surface area contributed by atoms with Gasteiger partial charge in [0, 0.05) is 17.8 Å². The highest BCUT2D eigenvalue weighted by atomic mass is 16.3. The van der Waals surface area contributed by atoms with Crippen molar-refractivity contribution in [1.29, 1.82) is 0 Å². The Bertz CT molecular complexity index is 697. The summed E-state index contributed by atoms with van der Waals surface area (Å²) in [4.78, 5) is 8.24. The number of para-hydroxylation sites is 3. The molecule has 0 aliphatic rings. The smallest absolute Gasteiger partial charge is 0.133 e. The molecule has 0 amide bonds. The molecule has 4 aromatic rings. The van der Waals surface area contributed by atoms with E-state index < -0.39 is 0 Å². The van der Waals surface area contributed by atoms with Crippen LogP contribution in [0.3, 0.4) is 0 Å². The maximum Gasteiger partial charge on any atom is 0.133 e. The molecular weight excluding hydrogens is 236 g/mol. The Morgan fingerprint density at radius 2 is 1.32 bits per heavy atom. The van der Waals surface area contributed by atoms with E-state index >= 15 is 0 Å². The standard InChI is InChI=1S/C8H6N2.C8H6O/c1-2-4-8-7(3-1)9-5-6-10-8;1-2-4-8-7(3-1)5-6-9-8/h1-6H;1-6H. The third-order valence-corrected chi connectivity index (χ3v) is 2.74. The molecule has 19 heavy (non-hydrogen) atoms. The van der Waals surface area contributed by atoms with Gasteiger partial charge in [0.2, 0.25) is 0 Å². The van der Waals surface area contributed by atoms with Crippen molar-refractivity contribution in [2.45, 2.75) is 0 Å². The van der Waals surface area contributed by atoms with Crippen LogP contribution in [0.25, 0.3) is 22.0 Å². The van der Waals surface area contributed by atoms with Gasteiger partial charge in [-0.25, -0.2) is 0 Å². The molecule has 0 aliphatic heterocycles. The predicted octanol–water partition coefficient (Wildman–Crippen LogP) is 4.06. The summed E-state index contributed by atoms with van der Waals surface area (Å²) in [5.74, 6) is 0. The van der Waals surface area contributed by atoms with Crippen molar-refractivity contribution < 1.29 is 4.42 Å². The first kappa shape index (κ1) is 11.4. The van der Waals surface area contributed by atoms with E-state index in [2.05, 4.69) is 9.97 Å². The summed E-state index contributed by atoms with van der Waals surface area (Å²) >= 11 is 0. The number of rotatable bonds is 0. The number of hydrogen-bond acceptors (Lipinski definition) is 3. The van der Waals surface area contributed by atoms with Crippen LogP contribution in [-0.2, 0) is 0 Å².